The summed E-state index contributed by atoms with van der Waals surface area (Å²) in [6, 6.07) is 17.2. The van der Waals surface area contributed by atoms with Crippen molar-refractivity contribution in [3.8, 4) is 11.5 Å². The predicted molar refractivity (Wildman–Crippen MR) is 94.9 cm³/mol. The number of amides is 1. The van der Waals surface area contributed by atoms with Crippen LogP contribution in [0.5, 0.6) is 0 Å². The van der Waals surface area contributed by atoms with Gasteiger partial charge in [-0.3, -0.25) is 4.79 Å². The van der Waals surface area contributed by atoms with Gasteiger partial charge in [0.2, 0.25) is 11.8 Å². The van der Waals surface area contributed by atoms with Crippen molar-refractivity contribution in [3.05, 3.63) is 60.2 Å². The zero-order valence-electron chi connectivity index (χ0n) is 13.4. The number of hydrogen-bond donors (Lipinski definition) is 1. The van der Waals surface area contributed by atoms with Crippen LogP contribution in [0, 0.1) is 6.92 Å². The normalized spacial score (nSPS) is 11.9. The molecule has 0 saturated carbocycles. The predicted octanol–water partition coefficient (Wildman–Crippen LogP) is 4.16. The number of nitrogens with one attached hydrogen (secondary N) is 1. The van der Waals surface area contributed by atoms with Crippen molar-refractivity contribution < 1.29 is 9.21 Å². The van der Waals surface area contributed by atoms with Gasteiger partial charge in [0.1, 0.15) is 0 Å². The van der Waals surface area contributed by atoms with Gasteiger partial charge in [-0.1, -0.05) is 47.7 Å². The molecule has 0 spiro atoms. The number of thioether (sulfide) groups is 1. The third-order valence-electron chi connectivity index (χ3n) is 3.39. The van der Waals surface area contributed by atoms with Crippen molar-refractivity contribution in [2.45, 2.75) is 24.3 Å². The Kier molecular flexibility index (Phi) is 4.96. The van der Waals surface area contributed by atoms with E-state index in [4.69, 9.17) is 4.42 Å². The molecule has 1 amide bonds. The molecule has 6 heteroatoms. The monoisotopic (exact) mass is 339 g/mol. The van der Waals surface area contributed by atoms with Crippen molar-refractivity contribution in [3.63, 3.8) is 0 Å². The van der Waals surface area contributed by atoms with Gasteiger partial charge in [-0.15, -0.1) is 10.2 Å². The lowest BCUT2D eigenvalue weighted by molar-refractivity contribution is -0.115. The molecule has 0 radical (unpaired) electrons. The van der Waals surface area contributed by atoms with Crippen LogP contribution in [0.1, 0.15) is 12.5 Å². The highest BCUT2D eigenvalue weighted by molar-refractivity contribution is 8.00. The summed E-state index contributed by atoms with van der Waals surface area (Å²) in [6.45, 7) is 3.82. The van der Waals surface area contributed by atoms with Crippen LogP contribution in [0.25, 0.3) is 11.5 Å². The Balaban J connectivity index is 1.63. The van der Waals surface area contributed by atoms with E-state index in [9.17, 15) is 4.79 Å². The summed E-state index contributed by atoms with van der Waals surface area (Å²) in [7, 11) is 0. The van der Waals surface area contributed by atoms with Crippen LogP contribution >= 0.6 is 11.8 Å². The van der Waals surface area contributed by atoms with E-state index in [0.29, 0.717) is 11.1 Å². The summed E-state index contributed by atoms with van der Waals surface area (Å²) >= 11 is 1.24. The van der Waals surface area contributed by atoms with E-state index < -0.39 is 0 Å². The quantitative estimate of drug-likeness (QED) is 0.707. The van der Waals surface area contributed by atoms with Crippen LogP contribution in [0.2, 0.25) is 0 Å². The first-order valence-electron chi connectivity index (χ1n) is 7.55. The topological polar surface area (TPSA) is 68.0 Å². The summed E-state index contributed by atoms with van der Waals surface area (Å²) in [6.07, 6.45) is 0. The Morgan fingerprint density at radius 1 is 1.08 bits per heavy atom. The average molecular weight is 339 g/mol. The number of aromatic nitrogens is 2. The van der Waals surface area contributed by atoms with E-state index in [1.54, 1.807) is 6.92 Å². The van der Waals surface area contributed by atoms with E-state index in [2.05, 4.69) is 15.5 Å². The van der Waals surface area contributed by atoms with Gasteiger partial charge >= 0.3 is 0 Å². The molecule has 1 aromatic heterocycles. The fraction of sp³-hybridized carbons (Fsp3) is 0.167. The Bertz CT molecular complexity index is 816. The van der Waals surface area contributed by atoms with Crippen molar-refractivity contribution in [2.75, 3.05) is 5.32 Å². The van der Waals surface area contributed by atoms with Gasteiger partial charge in [0.05, 0.1) is 5.25 Å². The lowest BCUT2D eigenvalue weighted by Crippen LogP contribution is -2.22. The number of para-hydroxylation sites is 1. The molecule has 122 valence electrons. The Morgan fingerprint density at radius 2 is 1.79 bits per heavy atom. The molecular formula is C18H17N3O2S. The third kappa shape index (κ3) is 4.02. The van der Waals surface area contributed by atoms with Crippen LogP contribution in [0.15, 0.2) is 64.2 Å². The van der Waals surface area contributed by atoms with Gasteiger partial charge in [-0.05, 0) is 38.1 Å². The summed E-state index contributed by atoms with van der Waals surface area (Å²) in [5.41, 5.74) is 2.79. The Hall–Kier alpha value is -2.60. The molecule has 3 rings (SSSR count). The fourth-order valence-electron chi connectivity index (χ4n) is 2.04. The Labute approximate surface area is 144 Å². The molecule has 2 aromatic carbocycles. The molecule has 1 atom stereocenters. The standard InChI is InChI=1S/C18H17N3O2S/c1-12-8-10-14(11-9-12)17-20-21-18(23-17)24-13(2)16(22)19-15-6-4-3-5-7-15/h3-11,13H,1-2H3,(H,19,22)/t13-/m0/s1. The summed E-state index contributed by atoms with van der Waals surface area (Å²) in [5, 5.41) is 10.9. The molecule has 0 unspecified atom stereocenters. The largest absolute Gasteiger partial charge is 0.411 e. The minimum atomic E-state index is -0.350. The van der Waals surface area contributed by atoms with E-state index in [0.717, 1.165) is 11.3 Å². The number of anilines is 1. The molecule has 0 aliphatic heterocycles. The number of carbonyl (C=O) groups excluding carboxylic acids is 1. The second-order valence-corrected chi connectivity index (χ2v) is 6.65. The van der Waals surface area contributed by atoms with Crippen LogP contribution < -0.4 is 5.32 Å². The smallest absolute Gasteiger partial charge is 0.277 e. The van der Waals surface area contributed by atoms with Gasteiger partial charge in [0, 0.05) is 11.3 Å². The maximum atomic E-state index is 12.2. The molecule has 0 saturated heterocycles. The first kappa shape index (κ1) is 16.3. The minimum Gasteiger partial charge on any atom is -0.411 e. The second kappa shape index (κ2) is 7.31. The zero-order valence-corrected chi connectivity index (χ0v) is 14.2. The fourth-order valence-corrected chi connectivity index (χ4v) is 2.72. The lowest BCUT2D eigenvalue weighted by atomic mass is 10.1. The van der Waals surface area contributed by atoms with Gasteiger partial charge in [0.25, 0.3) is 5.22 Å². The average Bonchev–Trinajstić information content (AvgIpc) is 3.05. The van der Waals surface area contributed by atoms with Gasteiger partial charge in [-0.2, -0.15) is 0 Å². The van der Waals surface area contributed by atoms with E-state index in [-0.39, 0.29) is 11.2 Å². The number of nitrogens with zero attached hydrogens (tertiary/aromatic N) is 2. The second-order valence-electron chi connectivity index (χ2n) is 5.35. The highest BCUT2D eigenvalue weighted by atomic mass is 32.2. The van der Waals surface area contributed by atoms with Gasteiger partial charge in [-0.25, -0.2) is 0 Å². The van der Waals surface area contributed by atoms with Crippen LogP contribution in [0.3, 0.4) is 0 Å². The minimum absolute atomic E-state index is 0.110. The van der Waals surface area contributed by atoms with Crippen LogP contribution in [-0.2, 0) is 4.79 Å². The molecule has 3 aromatic rings. The van der Waals surface area contributed by atoms with E-state index >= 15 is 0 Å². The SMILES string of the molecule is Cc1ccc(-c2nnc(S[C@@H](C)C(=O)Nc3ccccc3)o2)cc1. The summed E-state index contributed by atoms with van der Waals surface area (Å²) in [5.74, 6) is 0.342. The molecule has 1 N–H and O–H groups in total. The first-order chi connectivity index (χ1) is 11.6. The molecule has 1 heterocycles. The van der Waals surface area contributed by atoms with Crippen molar-refractivity contribution in [2.24, 2.45) is 0 Å². The van der Waals surface area contributed by atoms with Gasteiger partial charge < -0.3 is 9.73 Å². The number of hydrogen-bond acceptors (Lipinski definition) is 5. The van der Waals surface area contributed by atoms with Crippen molar-refractivity contribution >= 4 is 23.4 Å². The Morgan fingerprint density at radius 3 is 2.50 bits per heavy atom. The molecule has 0 bridgehead atoms. The molecule has 5 nitrogen and oxygen atoms in total. The maximum absolute atomic E-state index is 12.2. The zero-order chi connectivity index (χ0) is 16.9. The molecule has 0 fully saturated rings. The maximum Gasteiger partial charge on any atom is 0.277 e. The summed E-state index contributed by atoms with van der Waals surface area (Å²) in [4.78, 5) is 12.2. The lowest BCUT2D eigenvalue weighted by Gasteiger charge is -2.09. The number of aryl methyl sites for hydroxylation is 1. The van der Waals surface area contributed by atoms with Crippen LogP contribution in [0.4, 0.5) is 5.69 Å². The number of rotatable bonds is 5. The van der Waals surface area contributed by atoms with Crippen LogP contribution in [-0.4, -0.2) is 21.4 Å². The van der Waals surface area contributed by atoms with E-state index in [1.807, 2.05) is 61.5 Å². The highest BCUT2D eigenvalue weighted by Gasteiger charge is 2.18. The third-order valence-corrected chi connectivity index (χ3v) is 4.33. The van der Waals surface area contributed by atoms with Crippen molar-refractivity contribution in [1.29, 1.82) is 0 Å². The molecule has 0 aliphatic rings. The number of benzene rings is 2. The highest BCUT2D eigenvalue weighted by Crippen LogP contribution is 2.26. The van der Waals surface area contributed by atoms with Gasteiger partial charge in [0.15, 0.2) is 0 Å². The summed E-state index contributed by atoms with van der Waals surface area (Å²) < 4.78 is 5.64. The molecule has 24 heavy (non-hydrogen) atoms. The molecular weight excluding hydrogens is 322 g/mol. The molecule has 0 aliphatic carbocycles. The number of carbonyl (C=O) groups is 1. The first-order valence-corrected chi connectivity index (χ1v) is 8.43. The van der Waals surface area contributed by atoms with Crippen molar-refractivity contribution in [1.82, 2.24) is 10.2 Å². The van der Waals surface area contributed by atoms with E-state index in [1.165, 1.54) is 17.3 Å².